The topological polar surface area (TPSA) is 3.24 Å². The molecule has 0 saturated carbocycles. The van der Waals surface area contributed by atoms with E-state index in [4.69, 9.17) is 0 Å². The fourth-order valence-electron chi connectivity index (χ4n) is 5.89. The van der Waals surface area contributed by atoms with E-state index in [0.29, 0.717) is 0 Å². The number of rotatable bonds is 9. The molecular weight excluding hydrogens is 532 g/mol. The smallest absolute Gasteiger partial charge is 0.0452 e. The zero-order valence-corrected chi connectivity index (χ0v) is 25.4. The van der Waals surface area contributed by atoms with Crippen LogP contribution in [0.5, 0.6) is 0 Å². The minimum atomic E-state index is -0.721. The average Bonchev–Trinajstić information content (AvgIpc) is 3.49. The molecule has 2 atom stereocenters. The molecule has 0 bridgehead atoms. The summed E-state index contributed by atoms with van der Waals surface area (Å²) in [6.07, 6.45) is 7.12. The third-order valence-corrected chi connectivity index (χ3v) is 12.7. The summed E-state index contributed by atoms with van der Waals surface area (Å²) in [4.78, 5) is 2.43. The molecule has 0 N–H and O–H groups in total. The fraction of sp³-hybridized carbons (Fsp3) is 0.105. The van der Waals surface area contributed by atoms with Gasteiger partial charge in [0.2, 0.25) is 0 Å². The molecule has 0 saturated heterocycles. The molecule has 5 aromatic rings. The molecule has 1 aliphatic carbocycles. The number of allylic oxidation sites excluding steroid dienone is 2. The van der Waals surface area contributed by atoms with Crippen molar-refractivity contribution in [1.82, 2.24) is 4.90 Å². The molecule has 0 fully saturated rings. The van der Waals surface area contributed by atoms with Gasteiger partial charge < -0.3 is 4.90 Å². The van der Waals surface area contributed by atoms with Gasteiger partial charge in [-0.2, -0.15) is 0 Å². The quantitative estimate of drug-likeness (QED) is 0.170. The fourth-order valence-corrected chi connectivity index (χ4v) is 11.0. The van der Waals surface area contributed by atoms with Gasteiger partial charge in [0.05, 0.1) is 0 Å². The Bertz CT molecular complexity index is 1530. The Labute approximate surface area is 247 Å². The van der Waals surface area contributed by atoms with Crippen molar-refractivity contribution < 1.29 is 0 Å². The van der Waals surface area contributed by atoms with Gasteiger partial charge >= 0.3 is 0 Å². The summed E-state index contributed by atoms with van der Waals surface area (Å²) in [5.74, 6) is 0.265. The van der Waals surface area contributed by atoms with Crippen molar-refractivity contribution in [3.63, 3.8) is 0 Å². The first-order chi connectivity index (χ1) is 20.2. The van der Waals surface area contributed by atoms with Gasteiger partial charge in [-0.05, 0) is 67.3 Å². The summed E-state index contributed by atoms with van der Waals surface area (Å²) in [5.41, 5.74) is 1.41. The first-order valence-electron chi connectivity index (χ1n) is 14.2. The van der Waals surface area contributed by atoms with Crippen LogP contribution in [0, 0.1) is 5.92 Å². The number of nitrogens with zero attached hydrogens (tertiary/aromatic N) is 1. The predicted octanol–water partition coefficient (Wildman–Crippen LogP) is 7.25. The molecule has 0 aliphatic heterocycles. The van der Waals surface area contributed by atoms with Crippen LogP contribution in [0.25, 0.3) is 0 Å². The summed E-state index contributed by atoms with van der Waals surface area (Å²) in [6, 6.07) is 53.7. The lowest BCUT2D eigenvalue weighted by molar-refractivity contribution is 0.266. The maximum absolute atomic E-state index is 2.44. The average molecular weight is 568 g/mol. The van der Waals surface area contributed by atoms with Gasteiger partial charge in [-0.15, -0.1) is 0 Å². The van der Waals surface area contributed by atoms with Crippen LogP contribution in [0.1, 0.15) is 11.6 Å². The van der Waals surface area contributed by atoms with E-state index in [1.807, 2.05) is 0 Å². The molecule has 0 heterocycles. The van der Waals surface area contributed by atoms with Gasteiger partial charge in [0.15, 0.2) is 0 Å². The monoisotopic (exact) mass is 567 g/mol. The Kier molecular flexibility index (Phi) is 8.69. The molecule has 0 spiro atoms. The normalized spacial score (nSPS) is 15.4. The van der Waals surface area contributed by atoms with E-state index in [1.165, 1.54) is 37.4 Å². The number of hydrogen-bond donors (Lipinski definition) is 0. The van der Waals surface area contributed by atoms with Crippen molar-refractivity contribution >= 4 is 42.4 Å². The van der Waals surface area contributed by atoms with Gasteiger partial charge in [0, 0.05) is 12.0 Å². The van der Waals surface area contributed by atoms with Crippen LogP contribution in [0.15, 0.2) is 169 Å². The number of benzene rings is 5. The number of hydrogen-bond acceptors (Lipinski definition) is 1. The Morgan fingerprint density at radius 1 is 0.512 bits per heavy atom. The van der Waals surface area contributed by atoms with Crippen LogP contribution in [-0.4, -0.2) is 19.0 Å². The van der Waals surface area contributed by atoms with Gasteiger partial charge in [0.1, 0.15) is 0 Å². The van der Waals surface area contributed by atoms with Crippen molar-refractivity contribution in [3.8, 4) is 0 Å². The first kappa shape index (κ1) is 27.6. The highest BCUT2D eigenvalue weighted by atomic mass is 31.1. The molecule has 0 aromatic heterocycles. The van der Waals surface area contributed by atoms with Crippen LogP contribution in [-0.2, 0) is 0 Å². The summed E-state index contributed by atoms with van der Waals surface area (Å²) in [5, 5.41) is 8.50. The summed E-state index contributed by atoms with van der Waals surface area (Å²) >= 11 is 0. The van der Waals surface area contributed by atoms with Gasteiger partial charge in [-0.3, -0.25) is 0 Å². The Hall–Kier alpha value is -3.60. The van der Waals surface area contributed by atoms with Gasteiger partial charge in [0.25, 0.3) is 0 Å². The lowest BCUT2D eigenvalue weighted by Crippen LogP contribution is -2.33. The molecule has 1 nitrogen and oxygen atoms in total. The molecule has 0 amide bonds. The van der Waals surface area contributed by atoms with E-state index < -0.39 is 15.8 Å². The van der Waals surface area contributed by atoms with E-state index in [9.17, 15) is 0 Å². The summed E-state index contributed by atoms with van der Waals surface area (Å²) < 4.78 is 0. The van der Waals surface area contributed by atoms with E-state index in [2.05, 4.69) is 183 Å². The largest absolute Gasteiger partial charge is 0.301 e. The highest BCUT2D eigenvalue weighted by Crippen LogP contribution is 2.53. The minimum absolute atomic E-state index is 0.200. The highest BCUT2D eigenvalue weighted by molar-refractivity contribution is 7.80. The van der Waals surface area contributed by atoms with Crippen LogP contribution < -0.4 is 26.5 Å². The SMILES string of the molecule is CN(C)[C@H](c1ccccc1P(c1ccccc1)c1ccccc1)C1C=CC=C1P(c1ccccc1)c1ccccc1. The zero-order valence-electron chi connectivity index (χ0n) is 23.6. The van der Waals surface area contributed by atoms with Crippen LogP contribution >= 0.6 is 15.8 Å². The Morgan fingerprint density at radius 2 is 0.927 bits per heavy atom. The van der Waals surface area contributed by atoms with Gasteiger partial charge in [-0.25, -0.2) is 0 Å². The van der Waals surface area contributed by atoms with Crippen molar-refractivity contribution in [2.75, 3.05) is 14.1 Å². The zero-order chi connectivity index (χ0) is 28.0. The first-order valence-corrected chi connectivity index (χ1v) is 16.8. The Morgan fingerprint density at radius 3 is 1.39 bits per heavy atom. The molecule has 41 heavy (non-hydrogen) atoms. The van der Waals surface area contributed by atoms with Crippen molar-refractivity contribution in [2.24, 2.45) is 5.92 Å². The lowest BCUT2D eigenvalue weighted by Gasteiger charge is -2.36. The predicted molar refractivity (Wildman–Crippen MR) is 181 cm³/mol. The second-order valence-electron chi connectivity index (χ2n) is 10.5. The second kappa shape index (κ2) is 12.9. The minimum Gasteiger partial charge on any atom is -0.301 e. The molecule has 0 radical (unpaired) electrons. The highest BCUT2D eigenvalue weighted by Gasteiger charge is 2.35. The summed E-state index contributed by atoms with van der Waals surface area (Å²) in [6.45, 7) is 0. The van der Waals surface area contributed by atoms with Crippen molar-refractivity contribution in [2.45, 2.75) is 6.04 Å². The standard InChI is InChI=1S/C38H35NP2/c1-39(2)38(35-27-17-29-37(35)41(32-22-11-5-12-23-32)33-24-13-6-14-25-33)34-26-15-16-28-36(34)40(30-18-7-3-8-19-30)31-20-9-4-10-21-31/h3-29,35,38H,1-2H3/t35?,38-/m1/s1. The van der Waals surface area contributed by atoms with Crippen LogP contribution in [0.4, 0.5) is 0 Å². The van der Waals surface area contributed by atoms with Gasteiger partial charge in [-0.1, -0.05) is 164 Å². The maximum Gasteiger partial charge on any atom is 0.0452 e. The Balaban J connectivity index is 1.48. The maximum atomic E-state index is 2.44. The van der Waals surface area contributed by atoms with Crippen LogP contribution in [0.3, 0.4) is 0 Å². The molecule has 5 aromatic carbocycles. The second-order valence-corrected chi connectivity index (χ2v) is 14.9. The third kappa shape index (κ3) is 5.91. The molecule has 6 rings (SSSR count). The molecule has 3 heteroatoms. The molecule has 202 valence electrons. The van der Waals surface area contributed by atoms with E-state index >= 15 is 0 Å². The van der Waals surface area contributed by atoms with E-state index in [-0.39, 0.29) is 12.0 Å². The van der Waals surface area contributed by atoms with Crippen molar-refractivity contribution in [3.05, 3.63) is 175 Å². The van der Waals surface area contributed by atoms with Crippen molar-refractivity contribution in [1.29, 1.82) is 0 Å². The summed E-state index contributed by atoms with van der Waals surface area (Å²) in [7, 11) is 3.09. The van der Waals surface area contributed by atoms with Crippen LogP contribution in [0.2, 0.25) is 0 Å². The lowest BCUT2D eigenvalue weighted by atomic mass is 9.93. The third-order valence-electron chi connectivity index (χ3n) is 7.64. The van der Waals surface area contributed by atoms with E-state index in [0.717, 1.165) is 0 Å². The molecule has 1 unspecified atom stereocenters. The molecule has 1 aliphatic rings. The van der Waals surface area contributed by atoms with E-state index in [1.54, 1.807) is 0 Å². The molecular formula is C38H35NP2.